The lowest BCUT2D eigenvalue weighted by Gasteiger charge is -2.30. The predicted octanol–water partition coefficient (Wildman–Crippen LogP) is 3.10. The summed E-state index contributed by atoms with van der Waals surface area (Å²) < 4.78 is 11.2. The van der Waals surface area contributed by atoms with Crippen LogP contribution in [0.25, 0.3) is 0 Å². The molecule has 2 aliphatic heterocycles. The molecule has 1 N–H and O–H groups in total. The zero-order chi connectivity index (χ0) is 17.5. The fraction of sp³-hybridized carbons (Fsp3) is 0.611. The van der Waals surface area contributed by atoms with Crippen LogP contribution < -0.4 is 10.4 Å². The second-order valence-corrected chi connectivity index (χ2v) is 7.35. The van der Waals surface area contributed by atoms with Gasteiger partial charge in [-0.1, -0.05) is 25.1 Å². The molecule has 132 valence electrons. The standard InChI is InChI=1S/C18H26N2O4/c1-6-12-8-7-9-13-14(12)20(5)15-18(13,10-11-22-15)24-19-16(21)23-17(2,3)4/h7-9,15H,6,10-11H2,1-5H3,(H,19,21). The maximum Gasteiger partial charge on any atom is 0.431 e. The van der Waals surface area contributed by atoms with Gasteiger partial charge in [-0.15, -0.1) is 0 Å². The maximum absolute atomic E-state index is 12.0. The Labute approximate surface area is 143 Å². The number of anilines is 1. The van der Waals surface area contributed by atoms with Gasteiger partial charge >= 0.3 is 6.09 Å². The van der Waals surface area contributed by atoms with Gasteiger partial charge in [-0.05, 0) is 32.8 Å². The van der Waals surface area contributed by atoms with Crippen LogP contribution in [0.1, 0.15) is 45.2 Å². The first-order valence-electron chi connectivity index (χ1n) is 8.42. The lowest BCUT2D eigenvalue weighted by atomic mass is 9.91. The van der Waals surface area contributed by atoms with Gasteiger partial charge in [-0.2, -0.15) is 5.48 Å². The minimum Gasteiger partial charge on any atom is -0.442 e. The van der Waals surface area contributed by atoms with E-state index in [0.29, 0.717) is 13.0 Å². The van der Waals surface area contributed by atoms with E-state index in [1.54, 1.807) is 0 Å². The zero-order valence-corrected chi connectivity index (χ0v) is 15.0. The van der Waals surface area contributed by atoms with E-state index in [1.165, 1.54) is 5.56 Å². The number of carbonyl (C=O) groups excluding carboxylic acids is 1. The van der Waals surface area contributed by atoms with Crippen molar-refractivity contribution in [1.29, 1.82) is 0 Å². The number of hydrogen-bond donors (Lipinski definition) is 1. The molecule has 0 saturated carbocycles. The van der Waals surface area contributed by atoms with Gasteiger partial charge in [-0.3, -0.25) is 4.84 Å². The fourth-order valence-electron chi connectivity index (χ4n) is 3.61. The molecule has 1 aromatic rings. The van der Waals surface area contributed by atoms with E-state index in [4.69, 9.17) is 14.3 Å². The summed E-state index contributed by atoms with van der Waals surface area (Å²) in [5.41, 5.74) is 4.64. The number of fused-ring (bicyclic) bond motifs is 3. The summed E-state index contributed by atoms with van der Waals surface area (Å²) in [5, 5.41) is 0. The highest BCUT2D eigenvalue weighted by atomic mass is 16.7. The molecule has 2 heterocycles. The van der Waals surface area contributed by atoms with Gasteiger partial charge in [0.25, 0.3) is 0 Å². The summed E-state index contributed by atoms with van der Waals surface area (Å²) in [6.45, 7) is 8.17. The third kappa shape index (κ3) is 2.74. The SMILES string of the molecule is CCc1cccc2c1N(C)C1OCCC21ONC(=O)OC(C)(C)C. The molecule has 0 bridgehead atoms. The number of carbonyl (C=O) groups is 1. The first kappa shape index (κ1) is 17.0. The molecule has 2 atom stereocenters. The van der Waals surface area contributed by atoms with Crippen LogP contribution in [0.3, 0.4) is 0 Å². The highest BCUT2D eigenvalue weighted by Gasteiger charge is 2.57. The van der Waals surface area contributed by atoms with Crippen molar-refractivity contribution in [3.8, 4) is 0 Å². The van der Waals surface area contributed by atoms with Crippen LogP contribution in [0.15, 0.2) is 18.2 Å². The first-order valence-corrected chi connectivity index (χ1v) is 8.42. The van der Waals surface area contributed by atoms with E-state index in [1.807, 2.05) is 33.9 Å². The number of nitrogens with one attached hydrogen (secondary N) is 1. The molecule has 24 heavy (non-hydrogen) atoms. The third-order valence-corrected chi connectivity index (χ3v) is 4.52. The van der Waals surface area contributed by atoms with E-state index < -0.39 is 17.3 Å². The zero-order valence-electron chi connectivity index (χ0n) is 15.0. The Morgan fingerprint density at radius 2 is 2.21 bits per heavy atom. The number of benzene rings is 1. The first-order chi connectivity index (χ1) is 11.3. The quantitative estimate of drug-likeness (QED) is 0.861. The van der Waals surface area contributed by atoms with E-state index in [9.17, 15) is 4.79 Å². The molecule has 1 aromatic carbocycles. The highest BCUT2D eigenvalue weighted by molar-refractivity contribution is 5.69. The lowest BCUT2D eigenvalue weighted by Crippen LogP contribution is -2.46. The molecule has 1 saturated heterocycles. The molecule has 6 heteroatoms. The number of likely N-dealkylation sites (N-methyl/N-ethyl adjacent to an activating group) is 1. The average Bonchev–Trinajstić information content (AvgIpc) is 3.03. The Kier molecular flexibility index (Phi) is 4.21. The summed E-state index contributed by atoms with van der Waals surface area (Å²) in [6.07, 6.45) is 0.758. The molecule has 1 fully saturated rings. The van der Waals surface area contributed by atoms with E-state index in [0.717, 1.165) is 17.7 Å². The number of hydroxylamine groups is 1. The monoisotopic (exact) mass is 334 g/mol. The summed E-state index contributed by atoms with van der Waals surface area (Å²) in [4.78, 5) is 20.0. The van der Waals surface area contributed by atoms with Gasteiger partial charge in [0.05, 0.1) is 6.61 Å². The van der Waals surface area contributed by atoms with Crippen molar-refractivity contribution < 1.29 is 19.1 Å². The minimum absolute atomic E-state index is 0.255. The topological polar surface area (TPSA) is 60.0 Å². The average molecular weight is 334 g/mol. The van der Waals surface area contributed by atoms with E-state index in [2.05, 4.69) is 29.4 Å². The number of aryl methyl sites for hydroxylation is 1. The summed E-state index contributed by atoms with van der Waals surface area (Å²) in [6, 6.07) is 6.20. The third-order valence-electron chi connectivity index (χ3n) is 4.52. The molecule has 2 aliphatic rings. The molecule has 3 rings (SSSR count). The Bertz CT molecular complexity index is 640. The van der Waals surface area contributed by atoms with Crippen LogP contribution >= 0.6 is 0 Å². The molecule has 0 aromatic heterocycles. The fourth-order valence-corrected chi connectivity index (χ4v) is 3.61. The molecule has 1 amide bonds. The van der Waals surface area contributed by atoms with Crippen molar-refractivity contribution in [3.05, 3.63) is 29.3 Å². The van der Waals surface area contributed by atoms with Crippen LogP contribution in [-0.2, 0) is 26.3 Å². The smallest absolute Gasteiger partial charge is 0.431 e. The van der Waals surface area contributed by atoms with Crippen molar-refractivity contribution in [1.82, 2.24) is 5.48 Å². The van der Waals surface area contributed by atoms with Gasteiger partial charge in [0.1, 0.15) is 5.60 Å². The molecule has 6 nitrogen and oxygen atoms in total. The summed E-state index contributed by atoms with van der Waals surface area (Å²) in [5.74, 6) is 0. The van der Waals surface area contributed by atoms with Crippen LogP contribution in [0.2, 0.25) is 0 Å². The van der Waals surface area contributed by atoms with Crippen LogP contribution in [0.5, 0.6) is 0 Å². The number of para-hydroxylation sites is 1. The van der Waals surface area contributed by atoms with Crippen LogP contribution in [0, 0.1) is 0 Å². The number of hydrogen-bond acceptors (Lipinski definition) is 5. The summed E-state index contributed by atoms with van der Waals surface area (Å²) in [7, 11) is 2.01. The van der Waals surface area contributed by atoms with Gasteiger partial charge in [-0.25, -0.2) is 4.79 Å². The minimum atomic E-state index is -0.702. The summed E-state index contributed by atoms with van der Waals surface area (Å²) >= 11 is 0. The van der Waals surface area contributed by atoms with E-state index in [-0.39, 0.29) is 6.23 Å². The number of ether oxygens (including phenoxy) is 2. The molecule has 0 aliphatic carbocycles. The molecule has 2 unspecified atom stereocenters. The van der Waals surface area contributed by atoms with Crippen molar-refractivity contribution in [3.63, 3.8) is 0 Å². The Balaban J connectivity index is 1.88. The Morgan fingerprint density at radius 1 is 1.46 bits per heavy atom. The second-order valence-electron chi connectivity index (χ2n) is 7.35. The van der Waals surface area contributed by atoms with Crippen molar-refractivity contribution in [2.45, 2.75) is 58.0 Å². The van der Waals surface area contributed by atoms with Crippen LogP contribution in [0.4, 0.5) is 10.5 Å². The molecule has 0 radical (unpaired) electrons. The lowest BCUT2D eigenvalue weighted by molar-refractivity contribution is -0.133. The largest absolute Gasteiger partial charge is 0.442 e. The second kappa shape index (κ2) is 5.93. The molecule has 0 spiro atoms. The Hall–Kier alpha value is -1.79. The molecular weight excluding hydrogens is 308 g/mol. The number of nitrogens with zero attached hydrogens (tertiary/aromatic N) is 1. The van der Waals surface area contributed by atoms with Crippen molar-refractivity contribution >= 4 is 11.8 Å². The molecular formula is C18H26N2O4. The normalized spacial score (nSPS) is 25.4. The van der Waals surface area contributed by atoms with Gasteiger partial charge in [0, 0.05) is 24.7 Å². The number of amides is 1. The van der Waals surface area contributed by atoms with Crippen molar-refractivity contribution in [2.24, 2.45) is 0 Å². The van der Waals surface area contributed by atoms with Crippen LogP contribution in [-0.4, -0.2) is 31.6 Å². The van der Waals surface area contributed by atoms with Gasteiger partial charge in [0.2, 0.25) is 0 Å². The predicted molar refractivity (Wildman–Crippen MR) is 90.7 cm³/mol. The Morgan fingerprint density at radius 3 is 2.88 bits per heavy atom. The highest BCUT2D eigenvalue weighted by Crippen LogP contribution is 2.52. The van der Waals surface area contributed by atoms with Gasteiger partial charge in [0.15, 0.2) is 11.8 Å². The van der Waals surface area contributed by atoms with Gasteiger partial charge < -0.3 is 14.4 Å². The van der Waals surface area contributed by atoms with E-state index >= 15 is 0 Å². The van der Waals surface area contributed by atoms with Crippen molar-refractivity contribution in [2.75, 3.05) is 18.6 Å². The maximum atomic E-state index is 12.0. The number of rotatable bonds is 3.